The Hall–Kier alpha value is -2.31. The van der Waals surface area contributed by atoms with Crippen LogP contribution in [0.1, 0.15) is 11.3 Å². The van der Waals surface area contributed by atoms with Gasteiger partial charge in [0.05, 0.1) is 11.3 Å². The lowest BCUT2D eigenvalue weighted by molar-refractivity contribution is -0.139. The molecule has 0 aliphatic heterocycles. The summed E-state index contributed by atoms with van der Waals surface area (Å²) in [6.07, 6.45) is -4.76. The Kier molecular flexibility index (Phi) is 3.52. The van der Waals surface area contributed by atoms with E-state index in [1.165, 1.54) is 6.07 Å². The van der Waals surface area contributed by atoms with Gasteiger partial charge in [-0.25, -0.2) is 9.37 Å². The Morgan fingerprint density at radius 3 is 2.50 bits per heavy atom. The third kappa shape index (κ3) is 2.98. The molecule has 1 aromatic carbocycles. The predicted molar refractivity (Wildman–Crippen MR) is 68.1 cm³/mol. The van der Waals surface area contributed by atoms with E-state index in [9.17, 15) is 17.6 Å². The number of nitrogens with one attached hydrogen (secondary N) is 1. The quantitative estimate of drug-likeness (QED) is 0.823. The van der Waals surface area contributed by atoms with Gasteiger partial charge in [0, 0.05) is 11.4 Å². The van der Waals surface area contributed by atoms with Gasteiger partial charge in [-0.1, -0.05) is 0 Å². The van der Waals surface area contributed by atoms with Crippen molar-refractivity contribution >= 4 is 17.2 Å². The maximum Gasteiger partial charge on any atom is 0.419 e. The van der Waals surface area contributed by atoms with Crippen LogP contribution in [0.25, 0.3) is 0 Å². The summed E-state index contributed by atoms with van der Waals surface area (Å²) in [5.74, 6) is -1.10. The van der Waals surface area contributed by atoms with Gasteiger partial charge < -0.3 is 11.1 Å². The minimum absolute atomic E-state index is 0.0588. The molecule has 0 unspecified atom stereocenters. The Morgan fingerprint density at radius 2 is 1.85 bits per heavy atom. The number of nitrogen functional groups attached to an aromatic ring is 1. The number of pyridine rings is 1. The topological polar surface area (TPSA) is 50.9 Å². The van der Waals surface area contributed by atoms with Crippen LogP contribution in [0.15, 0.2) is 30.3 Å². The minimum Gasteiger partial charge on any atom is -0.396 e. The molecule has 0 radical (unpaired) electrons. The zero-order valence-corrected chi connectivity index (χ0v) is 10.4. The summed E-state index contributed by atoms with van der Waals surface area (Å²) >= 11 is 0. The lowest BCUT2D eigenvalue weighted by atomic mass is 10.1. The van der Waals surface area contributed by atoms with Gasteiger partial charge in [-0.3, -0.25) is 0 Å². The lowest BCUT2D eigenvalue weighted by Gasteiger charge is -2.12. The SMILES string of the molecule is Cc1ccc(N)c(Nc2ccc(F)c(C(F)(F)F)c2)n1. The van der Waals surface area contributed by atoms with Gasteiger partial charge in [0.1, 0.15) is 5.82 Å². The van der Waals surface area contributed by atoms with Crippen molar-refractivity contribution in [2.45, 2.75) is 13.1 Å². The Bertz CT molecular complexity index is 638. The molecule has 0 aliphatic rings. The number of hydrogen-bond acceptors (Lipinski definition) is 3. The number of nitrogens with zero attached hydrogens (tertiary/aromatic N) is 1. The fraction of sp³-hybridized carbons (Fsp3) is 0.154. The highest BCUT2D eigenvalue weighted by atomic mass is 19.4. The zero-order chi connectivity index (χ0) is 14.9. The number of aryl methyl sites for hydroxylation is 1. The van der Waals surface area contributed by atoms with Crippen LogP contribution in [0.3, 0.4) is 0 Å². The number of anilines is 3. The fourth-order valence-corrected chi connectivity index (χ4v) is 1.62. The van der Waals surface area contributed by atoms with E-state index in [4.69, 9.17) is 5.73 Å². The van der Waals surface area contributed by atoms with E-state index in [2.05, 4.69) is 10.3 Å². The van der Waals surface area contributed by atoms with Crippen molar-refractivity contribution in [2.75, 3.05) is 11.1 Å². The number of hydrogen-bond donors (Lipinski definition) is 2. The van der Waals surface area contributed by atoms with Gasteiger partial charge in [-0.05, 0) is 37.3 Å². The second-order valence-electron chi connectivity index (χ2n) is 4.21. The maximum absolute atomic E-state index is 13.2. The Morgan fingerprint density at radius 1 is 1.15 bits per heavy atom. The van der Waals surface area contributed by atoms with E-state index in [1.54, 1.807) is 19.1 Å². The molecule has 0 fully saturated rings. The van der Waals surface area contributed by atoms with E-state index < -0.39 is 17.6 Å². The summed E-state index contributed by atoms with van der Waals surface area (Å²) in [5.41, 5.74) is 5.33. The first-order valence-electron chi connectivity index (χ1n) is 5.64. The Balaban J connectivity index is 2.37. The second-order valence-corrected chi connectivity index (χ2v) is 4.21. The van der Waals surface area contributed by atoms with E-state index in [0.29, 0.717) is 11.8 Å². The van der Waals surface area contributed by atoms with Gasteiger partial charge >= 0.3 is 6.18 Å². The highest BCUT2D eigenvalue weighted by Gasteiger charge is 2.34. The van der Waals surface area contributed by atoms with Crippen LogP contribution >= 0.6 is 0 Å². The van der Waals surface area contributed by atoms with Gasteiger partial charge in [0.25, 0.3) is 0 Å². The summed E-state index contributed by atoms with van der Waals surface area (Å²) in [7, 11) is 0. The molecule has 106 valence electrons. The molecule has 0 atom stereocenters. The third-order valence-corrected chi connectivity index (χ3v) is 2.60. The van der Waals surface area contributed by atoms with Gasteiger partial charge in [-0.2, -0.15) is 13.2 Å². The minimum atomic E-state index is -4.76. The molecule has 2 rings (SSSR count). The number of halogens is 4. The first kappa shape index (κ1) is 14.1. The van der Waals surface area contributed by atoms with Crippen molar-refractivity contribution in [3.63, 3.8) is 0 Å². The first-order valence-corrected chi connectivity index (χ1v) is 5.64. The summed E-state index contributed by atoms with van der Waals surface area (Å²) in [6, 6.07) is 5.87. The van der Waals surface area contributed by atoms with E-state index >= 15 is 0 Å². The van der Waals surface area contributed by atoms with Crippen molar-refractivity contribution in [1.82, 2.24) is 4.98 Å². The van der Waals surface area contributed by atoms with Crippen LogP contribution in [-0.2, 0) is 6.18 Å². The van der Waals surface area contributed by atoms with Crippen LogP contribution in [0.4, 0.5) is 34.8 Å². The monoisotopic (exact) mass is 285 g/mol. The normalized spacial score (nSPS) is 11.4. The molecule has 2 aromatic rings. The van der Waals surface area contributed by atoms with Crippen LogP contribution in [0, 0.1) is 12.7 Å². The number of benzene rings is 1. The van der Waals surface area contributed by atoms with Crippen molar-refractivity contribution in [2.24, 2.45) is 0 Å². The molecule has 20 heavy (non-hydrogen) atoms. The summed E-state index contributed by atoms with van der Waals surface area (Å²) in [5, 5.41) is 2.65. The van der Waals surface area contributed by atoms with Gasteiger partial charge in [0.2, 0.25) is 0 Å². The smallest absolute Gasteiger partial charge is 0.396 e. The van der Waals surface area contributed by atoms with E-state index in [1.807, 2.05) is 0 Å². The molecule has 0 spiro atoms. The standard InChI is InChI=1S/C13H11F4N3/c1-7-2-5-11(18)12(19-7)20-8-3-4-10(14)9(6-8)13(15,16)17/h2-6H,18H2,1H3,(H,19,20). The molecule has 1 aromatic heterocycles. The average Bonchev–Trinajstić information content (AvgIpc) is 2.35. The molecule has 0 bridgehead atoms. The maximum atomic E-state index is 13.2. The molecule has 0 saturated carbocycles. The average molecular weight is 285 g/mol. The second kappa shape index (κ2) is 4.99. The summed E-state index contributed by atoms with van der Waals surface area (Å²) < 4.78 is 51.0. The number of rotatable bonds is 2. The van der Waals surface area contributed by atoms with Crippen molar-refractivity contribution in [3.05, 3.63) is 47.4 Å². The summed E-state index contributed by atoms with van der Waals surface area (Å²) in [6.45, 7) is 1.72. The molecule has 0 amide bonds. The van der Waals surface area contributed by atoms with Gasteiger partial charge in [-0.15, -0.1) is 0 Å². The van der Waals surface area contributed by atoms with Crippen molar-refractivity contribution in [1.29, 1.82) is 0 Å². The third-order valence-electron chi connectivity index (χ3n) is 2.60. The zero-order valence-electron chi connectivity index (χ0n) is 10.4. The van der Waals surface area contributed by atoms with Crippen LogP contribution in [0.5, 0.6) is 0 Å². The largest absolute Gasteiger partial charge is 0.419 e. The molecule has 7 heteroatoms. The molecule has 0 saturated heterocycles. The fourth-order valence-electron chi connectivity index (χ4n) is 1.62. The Labute approximate surface area is 112 Å². The van der Waals surface area contributed by atoms with Crippen LogP contribution in [0.2, 0.25) is 0 Å². The van der Waals surface area contributed by atoms with Crippen LogP contribution in [-0.4, -0.2) is 4.98 Å². The number of alkyl halides is 3. The lowest BCUT2D eigenvalue weighted by Crippen LogP contribution is -2.09. The van der Waals surface area contributed by atoms with Crippen LogP contribution < -0.4 is 11.1 Å². The summed E-state index contributed by atoms with van der Waals surface area (Å²) in [4.78, 5) is 4.07. The first-order chi connectivity index (χ1) is 9.27. The van der Waals surface area contributed by atoms with Crippen molar-refractivity contribution in [3.8, 4) is 0 Å². The molecule has 3 N–H and O–H groups in total. The molecule has 3 nitrogen and oxygen atoms in total. The predicted octanol–water partition coefficient (Wildman–Crippen LogP) is 3.87. The van der Waals surface area contributed by atoms with Crippen molar-refractivity contribution < 1.29 is 17.6 Å². The number of aromatic nitrogens is 1. The van der Waals surface area contributed by atoms with E-state index in [0.717, 1.165) is 6.07 Å². The molecule has 1 heterocycles. The van der Waals surface area contributed by atoms with Gasteiger partial charge in [0.15, 0.2) is 5.82 Å². The molecule has 0 aliphatic carbocycles. The highest BCUT2D eigenvalue weighted by molar-refractivity contribution is 5.69. The molecular formula is C13H11F4N3. The number of nitrogens with two attached hydrogens (primary N) is 1. The highest BCUT2D eigenvalue weighted by Crippen LogP contribution is 2.33. The van der Waals surface area contributed by atoms with E-state index in [-0.39, 0.29) is 17.2 Å². The molecular weight excluding hydrogens is 274 g/mol.